The molecular formula is C16H20ClN3O2S. The first-order valence-electron chi connectivity index (χ1n) is 7.81. The van der Waals surface area contributed by atoms with Crippen molar-refractivity contribution >= 4 is 40.8 Å². The number of aliphatic carboxylic acids is 1. The lowest BCUT2D eigenvalue weighted by atomic mass is 9.89. The topological polar surface area (TPSA) is 74.0 Å². The molecule has 0 saturated heterocycles. The Morgan fingerprint density at radius 1 is 1.52 bits per heavy atom. The highest BCUT2D eigenvalue weighted by Gasteiger charge is 2.39. The van der Waals surface area contributed by atoms with E-state index in [9.17, 15) is 4.79 Å². The van der Waals surface area contributed by atoms with Crippen LogP contribution in [0, 0.1) is 0 Å². The summed E-state index contributed by atoms with van der Waals surface area (Å²) >= 11 is 7.70. The molecule has 0 aromatic rings. The molecule has 0 aromatic heterocycles. The van der Waals surface area contributed by atoms with Crippen molar-refractivity contribution in [1.82, 2.24) is 5.32 Å². The number of carbonyl (C=O) groups is 1. The van der Waals surface area contributed by atoms with Crippen LogP contribution in [0.2, 0.25) is 0 Å². The van der Waals surface area contributed by atoms with Crippen LogP contribution in [0.4, 0.5) is 0 Å². The number of halogens is 1. The summed E-state index contributed by atoms with van der Waals surface area (Å²) in [6.07, 6.45) is 4.61. The Morgan fingerprint density at radius 3 is 3.09 bits per heavy atom. The van der Waals surface area contributed by atoms with Crippen LogP contribution < -0.4 is 5.32 Å². The van der Waals surface area contributed by atoms with Gasteiger partial charge in [0.1, 0.15) is 0 Å². The zero-order chi connectivity index (χ0) is 16.4. The van der Waals surface area contributed by atoms with Crippen molar-refractivity contribution in [2.45, 2.75) is 43.9 Å². The molecule has 1 aliphatic carbocycles. The highest BCUT2D eigenvalue weighted by Crippen LogP contribution is 2.39. The Kier molecular flexibility index (Phi) is 5.24. The maximum Gasteiger partial charge on any atom is 0.303 e. The van der Waals surface area contributed by atoms with E-state index in [1.165, 1.54) is 10.5 Å². The molecule has 3 aliphatic rings. The van der Waals surface area contributed by atoms with E-state index >= 15 is 0 Å². The number of allylic oxidation sites excluding steroid dienone is 3. The van der Waals surface area contributed by atoms with Gasteiger partial charge in [0.25, 0.3) is 0 Å². The first-order chi connectivity index (χ1) is 11.1. The van der Waals surface area contributed by atoms with Gasteiger partial charge in [-0.1, -0.05) is 0 Å². The maximum absolute atomic E-state index is 10.7. The van der Waals surface area contributed by atoms with Crippen LogP contribution in [0.15, 0.2) is 32.2 Å². The second-order valence-electron chi connectivity index (χ2n) is 5.83. The van der Waals surface area contributed by atoms with Gasteiger partial charge in [0.15, 0.2) is 0 Å². The van der Waals surface area contributed by atoms with Crippen molar-refractivity contribution in [3.8, 4) is 0 Å². The Bertz CT molecular complexity index is 639. The second kappa shape index (κ2) is 7.20. The van der Waals surface area contributed by atoms with Gasteiger partial charge in [0.05, 0.1) is 29.4 Å². The van der Waals surface area contributed by atoms with Gasteiger partial charge < -0.3 is 5.11 Å². The van der Waals surface area contributed by atoms with E-state index in [2.05, 4.69) is 16.4 Å². The molecule has 0 aromatic carbocycles. The fourth-order valence-electron chi connectivity index (χ4n) is 3.14. The Morgan fingerprint density at radius 2 is 2.35 bits per heavy atom. The van der Waals surface area contributed by atoms with Gasteiger partial charge >= 0.3 is 5.97 Å². The van der Waals surface area contributed by atoms with E-state index in [4.69, 9.17) is 21.7 Å². The molecule has 124 valence electrons. The standard InChI is InChI=1S/C16H20ClN3O2S/c1-9-12(3-2-4-13(21)22)23-16-11(20-9)7-10(5-6-17)14-15(16)19-8-18-14/h7,14,16,18H,2-6,8H2,1H3,(H,21,22). The van der Waals surface area contributed by atoms with Crippen LogP contribution >= 0.6 is 23.4 Å². The van der Waals surface area contributed by atoms with Gasteiger partial charge in [-0.2, -0.15) is 0 Å². The summed E-state index contributed by atoms with van der Waals surface area (Å²) in [5.41, 5.74) is 4.44. The number of thioether (sulfide) groups is 1. The Hall–Kier alpha value is -1.11. The highest BCUT2D eigenvalue weighted by molar-refractivity contribution is 8.05. The molecule has 0 amide bonds. The number of alkyl halides is 1. The number of aliphatic imine (C=N–C) groups is 2. The van der Waals surface area contributed by atoms with E-state index in [1.807, 2.05) is 6.92 Å². The monoisotopic (exact) mass is 353 g/mol. The van der Waals surface area contributed by atoms with Crippen molar-refractivity contribution in [3.63, 3.8) is 0 Å². The van der Waals surface area contributed by atoms with Crippen LogP contribution in [0.5, 0.6) is 0 Å². The normalized spacial score (nSPS) is 26.3. The summed E-state index contributed by atoms with van der Waals surface area (Å²) in [6.45, 7) is 2.64. The van der Waals surface area contributed by atoms with Gasteiger partial charge in [0, 0.05) is 22.9 Å². The van der Waals surface area contributed by atoms with Gasteiger partial charge in [-0.05, 0) is 37.8 Å². The predicted molar refractivity (Wildman–Crippen MR) is 95.6 cm³/mol. The number of nitrogens with one attached hydrogen (secondary N) is 1. The first kappa shape index (κ1) is 16.7. The molecule has 0 saturated carbocycles. The summed E-state index contributed by atoms with van der Waals surface area (Å²) in [5, 5.41) is 12.4. The number of rotatable bonds is 6. The van der Waals surface area contributed by atoms with E-state index in [-0.39, 0.29) is 17.7 Å². The molecule has 2 heterocycles. The van der Waals surface area contributed by atoms with Gasteiger partial charge in [-0.15, -0.1) is 23.4 Å². The second-order valence-corrected chi connectivity index (χ2v) is 7.40. The molecule has 0 bridgehead atoms. The summed E-state index contributed by atoms with van der Waals surface area (Å²) in [5.74, 6) is -0.151. The molecule has 3 rings (SSSR count). The number of fused-ring (bicyclic) bond motifs is 3. The smallest absolute Gasteiger partial charge is 0.303 e. The van der Waals surface area contributed by atoms with Crippen molar-refractivity contribution in [2.24, 2.45) is 9.98 Å². The molecule has 5 nitrogen and oxygen atoms in total. The van der Waals surface area contributed by atoms with E-state index in [0.717, 1.165) is 30.0 Å². The molecule has 2 aliphatic heterocycles. The molecule has 2 N–H and O–H groups in total. The lowest BCUT2D eigenvalue weighted by Crippen LogP contribution is -2.45. The van der Waals surface area contributed by atoms with Gasteiger partial charge in [0.2, 0.25) is 0 Å². The largest absolute Gasteiger partial charge is 0.481 e. The highest BCUT2D eigenvalue weighted by atomic mass is 35.5. The molecule has 2 atom stereocenters. The quantitative estimate of drug-likeness (QED) is 0.720. The number of hydrogen-bond acceptors (Lipinski definition) is 5. The zero-order valence-corrected chi connectivity index (χ0v) is 14.6. The zero-order valence-electron chi connectivity index (χ0n) is 13.0. The molecule has 0 spiro atoms. The summed E-state index contributed by atoms with van der Waals surface area (Å²) in [6, 6.07) is 0.184. The average molecular weight is 354 g/mol. The van der Waals surface area contributed by atoms with Crippen LogP contribution in [-0.4, -0.2) is 46.3 Å². The van der Waals surface area contributed by atoms with E-state index < -0.39 is 5.97 Å². The van der Waals surface area contributed by atoms with Crippen LogP contribution in [0.3, 0.4) is 0 Å². The van der Waals surface area contributed by atoms with Crippen LogP contribution in [-0.2, 0) is 4.79 Å². The number of nitrogens with zero attached hydrogens (tertiary/aromatic N) is 2. The fraction of sp³-hybridized carbons (Fsp3) is 0.562. The molecule has 7 heteroatoms. The van der Waals surface area contributed by atoms with Gasteiger partial charge in [-0.3, -0.25) is 20.1 Å². The minimum absolute atomic E-state index is 0.151. The molecule has 23 heavy (non-hydrogen) atoms. The number of carboxylic acid groups (broad SMARTS) is 1. The van der Waals surface area contributed by atoms with E-state index in [0.29, 0.717) is 19.0 Å². The lowest BCUT2D eigenvalue weighted by Gasteiger charge is -2.32. The first-order valence-corrected chi connectivity index (χ1v) is 9.22. The molecule has 2 unspecified atom stereocenters. The molecular weight excluding hydrogens is 334 g/mol. The van der Waals surface area contributed by atoms with Crippen molar-refractivity contribution < 1.29 is 9.90 Å². The minimum atomic E-state index is -0.746. The Labute approximate surface area is 145 Å². The number of carboxylic acids is 1. The number of hydrogen-bond donors (Lipinski definition) is 2. The summed E-state index contributed by atoms with van der Waals surface area (Å²) < 4.78 is 0. The third-order valence-corrected chi connectivity index (χ3v) is 5.92. The summed E-state index contributed by atoms with van der Waals surface area (Å²) in [4.78, 5) is 21.3. The van der Waals surface area contributed by atoms with Crippen LogP contribution in [0.25, 0.3) is 0 Å². The lowest BCUT2D eigenvalue weighted by molar-refractivity contribution is -0.137. The maximum atomic E-state index is 10.7. The molecule has 0 fully saturated rings. The van der Waals surface area contributed by atoms with Crippen LogP contribution in [0.1, 0.15) is 32.6 Å². The SMILES string of the molecule is CC1=C(CCCC(=O)O)SC2C(=N1)C=C(CCCl)C1NCN=C12. The average Bonchev–Trinajstić information content (AvgIpc) is 2.98. The Balaban J connectivity index is 1.83. The summed E-state index contributed by atoms with van der Waals surface area (Å²) in [7, 11) is 0. The fourth-order valence-corrected chi connectivity index (χ4v) is 4.69. The predicted octanol–water partition coefficient (Wildman–Crippen LogP) is 2.97. The van der Waals surface area contributed by atoms with Gasteiger partial charge in [-0.25, -0.2) is 0 Å². The van der Waals surface area contributed by atoms with Crippen molar-refractivity contribution in [2.75, 3.05) is 12.5 Å². The third-order valence-electron chi connectivity index (χ3n) is 4.23. The molecule has 0 radical (unpaired) electrons. The minimum Gasteiger partial charge on any atom is -0.481 e. The van der Waals surface area contributed by atoms with Crippen molar-refractivity contribution in [1.29, 1.82) is 0 Å². The van der Waals surface area contributed by atoms with Crippen molar-refractivity contribution in [3.05, 3.63) is 22.3 Å². The van der Waals surface area contributed by atoms with E-state index in [1.54, 1.807) is 11.8 Å². The third kappa shape index (κ3) is 3.54.